The molecule has 0 bridgehead atoms. The Morgan fingerprint density at radius 2 is 2.38 bits per heavy atom. The zero-order chi connectivity index (χ0) is 11.4. The number of rotatable bonds is 4. The van der Waals surface area contributed by atoms with Crippen molar-refractivity contribution in [2.75, 3.05) is 12.9 Å². The molecule has 2 aliphatic heterocycles. The van der Waals surface area contributed by atoms with E-state index in [1.165, 1.54) is 31.5 Å². The Kier molecular flexibility index (Phi) is 3.78. The van der Waals surface area contributed by atoms with Crippen molar-refractivity contribution in [3.05, 3.63) is 0 Å². The number of hydrogen-bond acceptors (Lipinski definition) is 8. The van der Waals surface area contributed by atoms with Crippen LogP contribution in [-0.2, 0) is 9.62 Å². The van der Waals surface area contributed by atoms with E-state index in [0.29, 0.717) is 11.6 Å². The second-order valence-electron chi connectivity index (χ2n) is 2.95. The molecule has 0 saturated heterocycles. The van der Waals surface area contributed by atoms with Crippen LogP contribution in [0.4, 0.5) is 0 Å². The minimum absolute atomic E-state index is 0.216. The van der Waals surface area contributed by atoms with Crippen LogP contribution >= 0.6 is 11.8 Å². The number of aliphatic imine (C=N–C) groups is 4. The lowest BCUT2D eigenvalue weighted by molar-refractivity contribution is -0.332. The minimum atomic E-state index is -0.683. The van der Waals surface area contributed by atoms with Gasteiger partial charge in [0, 0.05) is 7.11 Å². The van der Waals surface area contributed by atoms with E-state index < -0.39 is 6.29 Å². The molecule has 0 aromatic carbocycles. The number of methoxy groups -OCH3 is 1. The highest BCUT2D eigenvalue weighted by atomic mass is 32.2. The smallest absolute Gasteiger partial charge is 0.200 e. The molecule has 2 aliphatic rings. The number of nitrogens with zero attached hydrogens (tertiary/aromatic N) is 4. The van der Waals surface area contributed by atoms with Gasteiger partial charge in [-0.1, -0.05) is 0 Å². The normalized spacial score (nSPS) is 24.0. The van der Waals surface area contributed by atoms with Crippen LogP contribution < -0.4 is 0 Å². The van der Waals surface area contributed by atoms with Crippen molar-refractivity contribution in [2.45, 2.75) is 12.3 Å². The third kappa shape index (κ3) is 2.35. The lowest BCUT2D eigenvalue weighted by Gasteiger charge is -2.15. The molecule has 1 N–H and O–H groups in total. The fourth-order valence-corrected chi connectivity index (χ4v) is 2.15. The van der Waals surface area contributed by atoms with Gasteiger partial charge in [-0.05, 0) is 0 Å². The van der Waals surface area contributed by atoms with Crippen LogP contribution in [0.2, 0.25) is 0 Å². The molecule has 0 saturated carbocycles. The summed E-state index contributed by atoms with van der Waals surface area (Å²) in [6.45, 7) is 0. The lowest BCUT2D eigenvalue weighted by Crippen LogP contribution is -2.27. The summed E-state index contributed by atoms with van der Waals surface area (Å²) in [6.07, 6.45) is 2.22. The number of hydrogen-bond donors (Lipinski definition) is 1. The van der Waals surface area contributed by atoms with E-state index >= 15 is 0 Å². The zero-order valence-electron chi connectivity index (χ0n) is 8.48. The average molecular weight is 242 g/mol. The first kappa shape index (κ1) is 11.4. The minimum Gasteiger partial charge on any atom is -0.352 e. The molecule has 0 fully saturated rings. The van der Waals surface area contributed by atoms with Crippen molar-refractivity contribution in [1.82, 2.24) is 0 Å². The first-order valence-electron chi connectivity index (χ1n) is 4.50. The van der Waals surface area contributed by atoms with E-state index in [1.807, 2.05) is 0 Å². The molecular weight excluding hydrogens is 232 g/mol. The van der Waals surface area contributed by atoms with Crippen molar-refractivity contribution >= 4 is 35.3 Å². The van der Waals surface area contributed by atoms with Crippen molar-refractivity contribution in [3.63, 3.8) is 0 Å². The van der Waals surface area contributed by atoms with Crippen LogP contribution in [0.1, 0.15) is 0 Å². The van der Waals surface area contributed by atoms with Crippen LogP contribution in [0.25, 0.3) is 0 Å². The Hall–Kier alpha value is -1.09. The standard InChI is InChI=1S/C8H10N4O3S/c1-14-5(15-13)2-16-8-6-7(10-3-9-6)11-4-12-8/h3-6,13H,2H2,1H3. The molecule has 8 heteroatoms. The van der Waals surface area contributed by atoms with E-state index in [9.17, 15) is 0 Å². The van der Waals surface area contributed by atoms with Crippen molar-refractivity contribution in [2.24, 2.45) is 20.0 Å². The van der Waals surface area contributed by atoms with Crippen LogP contribution in [0.15, 0.2) is 20.0 Å². The van der Waals surface area contributed by atoms with Crippen LogP contribution in [0.5, 0.6) is 0 Å². The van der Waals surface area contributed by atoms with E-state index in [2.05, 4.69) is 24.9 Å². The Morgan fingerprint density at radius 1 is 1.50 bits per heavy atom. The Bertz CT molecular complexity index is 375. The highest BCUT2D eigenvalue weighted by Crippen LogP contribution is 2.19. The lowest BCUT2D eigenvalue weighted by atomic mass is 10.3. The van der Waals surface area contributed by atoms with Gasteiger partial charge >= 0.3 is 0 Å². The molecule has 0 amide bonds. The molecule has 2 rings (SSSR count). The number of fused-ring (bicyclic) bond motifs is 1. The SMILES string of the molecule is COC(CSC1=NC=NC2=NC=NC21)OO. The first-order chi connectivity index (χ1) is 7.85. The fraction of sp³-hybridized carbons (Fsp3) is 0.500. The third-order valence-corrected chi connectivity index (χ3v) is 3.07. The van der Waals surface area contributed by atoms with Gasteiger partial charge in [0.2, 0.25) is 0 Å². The Morgan fingerprint density at radius 3 is 3.12 bits per heavy atom. The van der Waals surface area contributed by atoms with Crippen molar-refractivity contribution in [1.29, 1.82) is 0 Å². The molecule has 16 heavy (non-hydrogen) atoms. The van der Waals surface area contributed by atoms with Crippen molar-refractivity contribution < 1.29 is 14.9 Å². The highest BCUT2D eigenvalue weighted by molar-refractivity contribution is 8.14. The molecule has 86 valence electrons. The second kappa shape index (κ2) is 5.30. The monoisotopic (exact) mass is 242 g/mol. The summed E-state index contributed by atoms with van der Waals surface area (Å²) in [5.74, 6) is 1.05. The fourth-order valence-electron chi connectivity index (χ4n) is 1.20. The second-order valence-corrected chi connectivity index (χ2v) is 3.99. The van der Waals surface area contributed by atoms with E-state index in [1.54, 1.807) is 0 Å². The molecule has 2 heterocycles. The summed E-state index contributed by atoms with van der Waals surface area (Å²) in [4.78, 5) is 20.3. The summed E-state index contributed by atoms with van der Waals surface area (Å²) < 4.78 is 4.85. The van der Waals surface area contributed by atoms with Gasteiger partial charge in [-0.15, -0.1) is 11.8 Å². The molecule has 0 aromatic heterocycles. The van der Waals surface area contributed by atoms with E-state index in [0.717, 1.165) is 5.04 Å². The molecule has 0 radical (unpaired) electrons. The van der Waals surface area contributed by atoms with Crippen LogP contribution in [0, 0.1) is 0 Å². The summed E-state index contributed by atoms with van der Waals surface area (Å²) in [7, 11) is 1.45. The maximum Gasteiger partial charge on any atom is 0.200 e. The maximum absolute atomic E-state index is 8.49. The molecule has 2 unspecified atom stereocenters. The van der Waals surface area contributed by atoms with Gasteiger partial charge in [0.1, 0.15) is 17.7 Å². The van der Waals surface area contributed by atoms with Crippen LogP contribution in [-0.4, -0.2) is 54.0 Å². The number of amidine groups is 1. The Balaban J connectivity index is 1.95. The maximum atomic E-state index is 8.49. The predicted octanol–water partition coefficient (Wildman–Crippen LogP) is 0.431. The number of ether oxygens (including phenoxy) is 1. The molecule has 2 atom stereocenters. The van der Waals surface area contributed by atoms with Gasteiger partial charge in [-0.2, -0.15) is 0 Å². The molecule has 0 spiro atoms. The van der Waals surface area contributed by atoms with E-state index in [4.69, 9.17) is 9.99 Å². The molecule has 0 aliphatic carbocycles. The van der Waals surface area contributed by atoms with Gasteiger partial charge in [-0.3, -0.25) is 4.99 Å². The zero-order valence-corrected chi connectivity index (χ0v) is 9.29. The average Bonchev–Trinajstić information content (AvgIpc) is 2.79. The van der Waals surface area contributed by atoms with Gasteiger partial charge < -0.3 is 4.74 Å². The third-order valence-electron chi connectivity index (χ3n) is 2.01. The van der Waals surface area contributed by atoms with E-state index in [-0.39, 0.29) is 6.04 Å². The predicted molar refractivity (Wildman–Crippen MR) is 62.6 cm³/mol. The summed E-state index contributed by atoms with van der Waals surface area (Å²) >= 11 is 1.39. The summed E-state index contributed by atoms with van der Waals surface area (Å²) in [5.41, 5.74) is 0. The molecular formula is C8H10N4O3S. The van der Waals surface area contributed by atoms with Gasteiger partial charge in [-0.25, -0.2) is 25.1 Å². The van der Waals surface area contributed by atoms with Crippen LogP contribution in [0.3, 0.4) is 0 Å². The largest absolute Gasteiger partial charge is 0.352 e. The molecule has 7 nitrogen and oxygen atoms in total. The molecule has 0 aromatic rings. The quantitative estimate of drug-likeness (QED) is 0.440. The number of thioether (sulfide) groups is 1. The Labute approximate surface area is 95.9 Å². The van der Waals surface area contributed by atoms with Gasteiger partial charge in [0.15, 0.2) is 18.2 Å². The highest BCUT2D eigenvalue weighted by Gasteiger charge is 2.27. The summed E-state index contributed by atoms with van der Waals surface area (Å²) in [5, 5.41) is 9.25. The first-order valence-corrected chi connectivity index (χ1v) is 5.49. The van der Waals surface area contributed by atoms with Crippen molar-refractivity contribution in [3.8, 4) is 0 Å². The van der Waals surface area contributed by atoms with Gasteiger partial charge in [0.05, 0.1) is 5.75 Å². The summed E-state index contributed by atoms with van der Waals surface area (Å²) in [6, 6.07) is -0.216. The topological polar surface area (TPSA) is 88.1 Å². The van der Waals surface area contributed by atoms with Gasteiger partial charge in [0.25, 0.3) is 0 Å².